The number of para-hydroxylation sites is 2. The van der Waals surface area contributed by atoms with Crippen molar-refractivity contribution in [3.8, 4) is 0 Å². The molecule has 2 heterocycles. The second kappa shape index (κ2) is 6.02. The Balaban J connectivity index is 1.63. The van der Waals surface area contributed by atoms with Gasteiger partial charge in [-0.25, -0.2) is 4.98 Å². The van der Waals surface area contributed by atoms with Crippen molar-refractivity contribution in [2.24, 2.45) is 0 Å². The highest BCUT2D eigenvalue weighted by molar-refractivity contribution is 5.72. The predicted octanol–water partition coefficient (Wildman–Crippen LogP) is 2.74. The minimum absolute atomic E-state index is 0.0575. The molecule has 1 aliphatic heterocycles. The zero-order valence-electron chi connectivity index (χ0n) is 13.5. The largest absolute Gasteiger partial charge is 0.437 e. The topological polar surface area (TPSA) is 67.5 Å². The summed E-state index contributed by atoms with van der Waals surface area (Å²) in [5.41, 5.74) is 1.96. The van der Waals surface area contributed by atoms with Crippen molar-refractivity contribution in [3.05, 3.63) is 65.5 Å². The van der Waals surface area contributed by atoms with E-state index in [0.717, 1.165) is 29.7 Å². The predicted molar refractivity (Wildman–Crippen MR) is 90.7 cm³/mol. The molecular formula is C19H20N2O3. The van der Waals surface area contributed by atoms with Crippen LogP contribution < -0.4 is 5.32 Å². The summed E-state index contributed by atoms with van der Waals surface area (Å²) in [5.74, 6) is 0.298. The van der Waals surface area contributed by atoms with E-state index < -0.39 is 5.60 Å². The third-order valence-electron chi connectivity index (χ3n) is 4.48. The van der Waals surface area contributed by atoms with E-state index in [1.165, 1.54) is 0 Å². The van der Waals surface area contributed by atoms with Crippen molar-refractivity contribution in [2.45, 2.75) is 18.6 Å². The maximum Gasteiger partial charge on any atom is 0.231 e. The Morgan fingerprint density at radius 1 is 1.17 bits per heavy atom. The number of hydrogen-bond acceptors (Lipinski definition) is 5. The second-order valence-corrected chi connectivity index (χ2v) is 6.24. The number of benzene rings is 2. The summed E-state index contributed by atoms with van der Waals surface area (Å²) in [7, 11) is 0. The molecule has 2 unspecified atom stereocenters. The van der Waals surface area contributed by atoms with Gasteiger partial charge in [-0.05, 0) is 30.2 Å². The third-order valence-corrected chi connectivity index (χ3v) is 4.48. The zero-order chi connectivity index (χ0) is 16.6. The van der Waals surface area contributed by atoms with Gasteiger partial charge in [0.1, 0.15) is 5.52 Å². The number of hydrogen-bond donors (Lipinski definition) is 2. The SMILES string of the molecule is CC(O)(c1ccc(C2CNCCO2)cc1)c1nc2ccccc2o1. The number of nitrogens with one attached hydrogen (secondary N) is 1. The van der Waals surface area contributed by atoms with E-state index in [-0.39, 0.29) is 6.10 Å². The minimum Gasteiger partial charge on any atom is -0.437 e. The van der Waals surface area contributed by atoms with Gasteiger partial charge in [-0.1, -0.05) is 36.4 Å². The number of aromatic nitrogens is 1. The second-order valence-electron chi connectivity index (χ2n) is 6.24. The van der Waals surface area contributed by atoms with Crippen LogP contribution in [0.3, 0.4) is 0 Å². The molecule has 24 heavy (non-hydrogen) atoms. The fraction of sp³-hybridized carbons (Fsp3) is 0.316. The van der Waals surface area contributed by atoms with Gasteiger partial charge in [0.2, 0.25) is 5.89 Å². The highest BCUT2D eigenvalue weighted by atomic mass is 16.5. The first kappa shape index (κ1) is 15.3. The fourth-order valence-electron chi connectivity index (χ4n) is 3.01. The van der Waals surface area contributed by atoms with Gasteiger partial charge in [0.05, 0.1) is 12.7 Å². The van der Waals surface area contributed by atoms with Crippen LogP contribution in [0.2, 0.25) is 0 Å². The molecule has 4 rings (SSSR count). The number of nitrogens with zero attached hydrogens (tertiary/aromatic N) is 1. The molecule has 0 spiro atoms. The molecule has 1 saturated heterocycles. The Bertz CT molecular complexity index is 800. The lowest BCUT2D eigenvalue weighted by Crippen LogP contribution is -2.33. The molecule has 1 fully saturated rings. The van der Waals surface area contributed by atoms with Crippen molar-refractivity contribution in [1.29, 1.82) is 0 Å². The van der Waals surface area contributed by atoms with Crippen molar-refractivity contribution < 1.29 is 14.3 Å². The van der Waals surface area contributed by atoms with Crippen molar-refractivity contribution in [3.63, 3.8) is 0 Å². The molecule has 124 valence electrons. The molecule has 0 bridgehead atoms. The molecular weight excluding hydrogens is 304 g/mol. The Hall–Kier alpha value is -2.21. The van der Waals surface area contributed by atoms with Crippen LogP contribution in [0.4, 0.5) is 0 Å². The Morgan fingerprint density at radius 2 is 1.96 bits per heavy atom. The molecule has 0 amide bonds. The summed E-state index contributed by atoms with van der Waals surface area (Å²) in [6.07, 6.45) is 0.0575. The molecule has 1 aromatic heterocycles. The summed E-state index contributed by atoms with van der Waals surface area (Å²) < 4.78 is 11.5. The molecule has 1 aliphatic rings. The first-order chi connectivity index (χ1) is 11.6. The number of fused-ring (bicyclic) bond motifs is 1. The van der Waals surface area contributed by atoms with Gasteiger partial charge in [-0.2, -0.15) is 0 Å². The minimum atomic E-state index is -1.29. The van der Waals surface area contributed by atoms with Gasteiger partial charge in [0, 0.05) is 13.1 Å². The van der Waals surface area contributed by atoms with Gasteiger partial charge in [-0.3, -0.25) is 0 Å². The Kier molecular flexibility index (Phi) is 3.84. The maximum absolute atomic E-state index is 11.0. The molecule has 5 nitrogen and oxygen atoms in total. The molecule has 0 saturated carbocycles. The summed E-state index contributed by atoms with van der Waals surface area (Å²) in [4.78, 5) is 4.42. The maximum atomic E-state index is 11.0. The number of morpholine rings is 1. The lowest BCUT2D eigenvalue weighted by atomic mass is 9.94. The van der Waals surface area contributed by atoms with E-state index in [0.29, 0.717) is 18.1 Å². The van der Waals surface area contributed by atoms with E-state index in [9.17, 15) is 5.11 Å². The van der Waals surface area contributed by atoms with Gasteiger partial charge < -0.3 is 19.6 Å². The van der Waals surface area contributed by atoms with E-state index in [1.807, 2.05) is 48.5 Å². The third kappa shape index (κ3) is 2.71. The van der Waals surface area contributed by atoms with Crippen LogP contribution in [0, 0.1) is 0 Å². The lowest BCUT2D eigenvalue weighted by molar-refractivity contribution is 0.0275. The molecule has 5 heteroatoms. The normalized spacial score (nSPS) is 20.8. The van der Waals surface area contributed by atoms with Crippen molar-refractivity contribution in [2.75, 3.05) is 19.7 Å². The van der Waals surface area contributed by atoms with Crippen LogP contribution in [-0.4, -0.2) is 29.8 Å². The van der Waals surface area contributed by atoms with Crippen molar-refractivity contribution >= 4 is 11.1 Å². The molecule has 0 radical (unpaired) electrons. The van der Waals surface area contributed by atoms with Crippen LogP contribution in [0.25, 0.3) is 11.1 Å². The van der Waals surface area contributed by atoms with Crippen LogP contribution in [0.15, 0.2) is 52.9 Å². The highest BCUT2D eigenvalue weighted by Gasteiger charge is 2.31. The Morgan fingerprint density at radius 3 is 2.67 bits per heavy atom. The molecule has 0 aliphatic carbocycles. The number of rotatable bonds is 3. The van der Waals surface area contributed by atoms with Gasteiger partial charge >= 0.3 is 0 Å². The van der Waals surface area contributed by atoms with Gasteiger partial charge in [-0.15, -0.1) is 0 Å². The monoisotopic (exact) mass is 324 g/mol. The van der Waals surface area contributed by atoms with E-state index in [1.54, 1.807) is 6.92 Å². The summed E-state index contributed by atoms with van der Waals surface area (Å²) in [6, 6.07) is 15.3. The summed E-state index contributed by atoms with van der Waals surface area (Å²) >= 11 is 0. The summed E-state index contributed by atoms with van der Waals surface area (Å²) in [5, 5.41) is 14.3. The quantitative estimate of drug-likeness (QED) is 0.775. The number of aliphatic hydroxyl groups is 1. The van der Waals surface area contributed by atoms with Crippen LogP contribution >= 0.6 is 0 Å². The van der Waals surface area contributed by atoms with Gasteiger partial charge in [0.15, 0.2) is 11.2 Å². The molecule has 3 aromatic rings. The first-order valence-electron chi connectivity index (χ1n) is 8.16. The van der Waals surface area contributed by atoms with E-state index >= 15 is 0 Å². The van der Waals surface area contributed by atoms with E-state index in [4.69, 9.17) is 9.15 Å². The fourth-order valence-corrected chi connectivity index (χ4v) is 3.01. The average Bonchev–Trinajstić information content (AvgIpc) is 3.08. The molecule has 2 N–H and O–H groups in total. The van der Waals surface area contributed by atoms with Crippen LogP contribution in [0.1, 0.15) is 30.0 Å². The number of ether oxygens (including phenoxy) is 1. The van der Waals surface area contributed by atoms with E-state index in [2.05, 4.69) is 10.3 Å². The highest BCUT2D eigenvalue weighted by Crippen LogP contribution is 2.32. The molecule has 2 atom stereocenters. The van der Waals surface area contributed by atoms with Crippen LogP contribution in [0.5, 0.6) is 0 Å². The molecule has 2 aromatic carbocycles. The van der Waals surface area contributed by atoms with Crippen LogP contribution in [-0.2, 0) is 10.3 Å². The van der Waals surface area contributed by atoms with Gasteiger partial charge in [0.25, 0.3) is 0 Å². The smallest absolute Gasteiger partial charge is 0.231 e. The van der Waals surface area contributed by atoms with Crippen molar-refractivity contribution in [1.82, 2.24) is 10.3 Å². The average molecular weight is 324 g/mol. The standard InChI is InChI=1S/C19H20N2O3/c1-19(22,18-21-15-4-2-3-5-16(15)24-18)14-8-6-13(7-9-14)17-12-20-10-11-23-17/h2-9,17,20,22H,10-12H2,1H3. The Labute approximate surface area is 140 Å². The number of oxazole rings is 1. The first-order valence-corrected chi connectivity index (χ1v) is 8.16. The summed E-state index contributed by atoms with van der Waals surface area (Å²) in [6.45, 7) is 4.11. The zero-order valence-corrected chi connectivity index (χ0v) is 13.5. The lowest BCUT2D eigenvalue weighted by Gasteiger charge is -2.25.